The summed E-state index contributed by atoms with van der Waals surface area (Å²) in [5, 5.41) is 3.27. The highest BCUT2D eigenvalue weighted by atomic mass is 14.8. The van der Waals surface area contributed by atoms with E-state index in [1.165, 1.54) is 25.8 Å². The maximum absolute atomic E-state index is 3.27. The van der Waals surface area contributed by atoms with Gasteiger partial charge in [-0.25, -0.2) is 0 Å². The van der Waals surface area contributed by atoms with Gasteiger partial charge in [-0.2, -0.15) is 0 Å². The Morgan fingerprint density at radius 3 is 2.70 bits per heavy atom. The maximum atomic E-state index is 3.27. The Bertz CT molecular complexity index is 140. The third kappa shape index (κ3) is 0.878. The van der Waals surface area contributed by atoms with Crippen molar-refractivity contribution in [3.63, 3.8) is 0 Å². The van der Waals surface area contributed by atoms with Crippen molar-refractivity contribution in [1.82, 2.24) is 5.32 Å². The zero-order chi connectivity index (χ0) is 7.19. The molecule has 0 bridgehead atoms. The molecule has 0 aromatic rings. The lowest BCUT2D eigenvalue weighted by atomic mass is 10.0. The first kappa shape index (κ1) is 6.66. The van der Waals surface area contributed by atoms with E-state index in [4.69, 9.17) is 0 Å². The van der Waals surface area contributed by atoms with Crippen LogP contribution in [0.2, 0.25) is 0 Å². The molecule has 2 rings (SSSR count). The standard InChI is InChI=1S/C9H17N/c1-9(7-3-4-7)5-8(9)6-10-2/h7-8,10H,3-6H2,1-2H3/t8-,9+/m0/s1. The van der Waals surface area contributed by atoms with Gasteiger partial charge in [-0.15, -0.1) is 0 Å². The van der Waals surface area contributed by atoms with E-state index in [1.807, 2.05) is 0 Å². The molecule has 0 radical (unpaired) electrons. The van der Waals surface area contributed by atoms with E-state index in [0.717, 1.165) is 17.3 Å². The Morgan fingerprint density at radius 2 is 2.20 bits per heavy atom. The average Bonchev–Trinajstić information content (AvgIpc) is 2.67. The molecular formula is C9H17N. The second kappa shape index (κ2) is 1.97. The van der Waals surface area contributed by atoms with Crippen molar-refractivity contribution in [2.24, 2.45) is 17.3 Å². The third-order valence-electron chi connectivity index (χ3n) is 3.42. The van der Waals surface area contributed by atoms with Gasteiger partial charge < -0.3 is 5.32 Å². The lowest BCUT2D eigenvalue weighted by Gasteiger charge is -2.07. The van der Waals surface area contributed by atoms with Crippen LogP contribution in [0, 0.1) is 17.3 Å². The molecular weight excluding hydrogens is 122 g/mol. The summed E-state index contributed by atoms with van der Waals surface area (Å²) >= 11 is 0. The molecule has 0 unspecified atom stereocenters. The van der Waals surface area contributed by atoms with Gasteiger partial charge >= 0.3 is 0 Å². The highest BCUT2D eigenvalue weighted by Crippen LogP contribution is 2.64. The predicted molar refractivity (Wildman–Crippen MR) is 42.9 cm³/mol. The van der Waals surface area contributed by atoms with Crippen molar-refractivity contribution in [1.29, 1.82) is 0 Å². The molecule has 1 nitrogen and oxygen atoms in total. The summed E-state index contributed by atoms with van der Waals surface area (Å²) in [6, 6.07) is 0. The van der Waals surface area contributed by atoms with Crippen molar-refractivity contribution >= 4 is 0 Å². The topological polar surface area (TPSA) is 12.0 Å². The molecule has 2 saturated carbocycles. The van der Waals surface area contributed by atoms with Crippen molar-refractivity contribution in [2.75, 3.05) is 13.6 Å². The monoisotopic (exact) mass is 139 g/mol. The Balaban J connectivity index is 1.85. The van der Waals surface area contributed by atoms with Gasteiger partial charge in [0.2, 0.25) is 0 Å². The van der Waals surface area contributed by atoms with E-state index >= 15 is 0 Å². The normalized spacial score (nSPS) is 45.6. The molecule has 2 aliphatic rings. The largest absolute Gasteiger partial charge is 0.319 e. The molecule has 10 heavy (non-hydrogen) atoms. The van der Waals surface area contributed by atoms with Crippen LogP contribution < -0.4 is 5.32 Å². The van der Waals surface area contributed by atoms with Gasteiger partial charge in [0.15, 0.2) is 0 Å². The molecule has 0 aromatic carbocycles. The smallest absolute Gasteiger partial charge is 0.00180 e. The van der Waals surface area contributed by atoms with Gasteiger partial charge in [0.1, 0.15) is 0 Å². The zero-order valence-corrected chi connectivity index (χ0v) is 6.98. The van der Waals surface area contributed by atoms with Gasteiger partial charge in [-0.3, -0.25) is 0 Å². The maximum Gasteiger partial charge on any atom is -0.00180 e. The molecule has 0 spiro atoms. The van der Waals surface area contributed by atoms with Gasteiger partial charge in [-0.05, 0) is 50.1 Å². The van der Waals surface area contributed by atoms with Crippen LogP contribution in [0.1, 0.15) is 26.2 Å². The lowest BCUT2D eigenvalue weighted by Crippen LogP contribution is -2.14. The van der Waals surface area contributed by atoms with Gasteiger partial charge in [0.05, 0.1) is 0 Å². The van der Waals surface area contributed by atoms with Crippen molar-refractivity contribution in [3.8, 4) is 0 Å². The summed E-state index contributed by atoms with van der Waals surface area (Å²) in [6.45, 7) is 3.71. The Morgan fingerprint density at radius 1 is 1.50 bits per heavy atom. The Kier molecular flexibility index (Phi) is 1.31. The minimum atomic E-state index is 0.767. The first-order valence-corrected chi connectivity index (χ1v) is 4.42. The van der Waals surface area contributed by atoms with Crippen LogP contribution in [0.4, 0.5) is 0 Å². The van der Waals surface area contributed by atoms with E-state index in [9.17, 15) is 0 Å². The van der Waals surface area contributed by atoms with E-state index in [2.05, 4.69) is 19.3 Å². The van der Waals surface area contributed by atoms with Crippen LogP contribution in [-0.2, 0) is 0 Å². The van der Waals surface area contributed by atoms with Crippen molar-refractivity contribution < 1.29 is 0 Å². The third-order valence-corrected chi connectivity index (χ3v) is 3.42. The highest BCUT2D eigenvalue weighted by Gasteiger charge is 2.57. The Labute approximate surface area is 63.2 Å². The van der Waals surface area contributed by atoms with Crippen LogP contribution in [-0.4, -0.2) is 13.6 Å². The van der Waals surface area contributed by atoms with Gasteiger partial charge in [0, 0.05) is 0 Å². The summed E-state index contributed by atoms with van der Waals surface area (Å²) < 4.78 is 0. The summed E-state index contributed by atoms with van der Waals surface area (Å²) in [4.78, 5) is 0. The van der Waals surface area contributed by atoms with Crippen LogP contribution in [0.3, 0.4) is 0 Å². The number of rotatable bonds is 3. The second-order valence-electron chi connectivity index (χ2n) is 4.24. The summed E-state index contributed by atoms with van der Waals surface area (Å²) in [6.07, 6.45) is 4.51. The van der Waals surface area contributed by atoms with Crippen LogP contribution in [0.25, 0.3) is 0 Å². The van der Waals surface area contributed by atoms with Crippen LogP contribution in [0.15, 0.2) is 0 Å². The molecule has 1 N–H and O–H groups in total. The fraction of sp³-hybridized carbons (Fsp3) is 1.00. The Hall–Kier alpha value is -0.0400. The molecule has 0 aliphatic heterocycles. The summed E-state index contributed by atoms with van der Waals surface area (Å²) in [5.41, 5.74) is 0.767. The quantitative estimate of drug-likeness (QED) is 0.627. The number of nitrogens with one attached hydrogen (secondary N) is 1. The SMILES string of the molecule is CNC[C@@H]1C[C@]1(C)C1CC1. The first-order valence-electron chi connectivity index (χ1n) is 4.42. The van der Waals surface area contributed by atoms with Crippen LogP contribution in [0.5, 0.6) is 0 Å². The second-order valence-corrected chi connectivity index (χ2v) is 4.24. The predicted octanol–water partition coefficient (Wildman–Crippen LogP) is 1.64. The minimum Gasteiger partial charge on any atom is -0.319 e. The molecule has 2 fully saturated rings. The number of hydrogen-bond donors (Lipinski definition) is 1. The molecule has 0 amide bonds. The molecule has 2 atom stereocenters. The van der Waals surface area contributed by atoms with E-state index < -0.39 is 0 Å². The van der Waals surface area contributed by atoms with E-state index in [0.29, 0.717) is 0 Å². The molecule has 0 saturated heterocycles. The van der Waals surface area contributed by atoms with Crippen molar-refractivity contribution in [3.05, 3.63) is 0 Å². The molecule has 1 heteroatoms. The van der Waals surface area contributed by atoms with Crippen molar-refractivity contribution in [2.45, 2.75) is 26.2 Å². The summed E-state index contributed by atoms with van der Waals surface area (Å²) in [7, 11) is 2.06. The summed E-state index contributed by atoms with van der Waals surface area (Å²) in [5.74, 6) is 2.11. The lowest BCUT2D eigenvalue weighted by molar-refractivity contribution is 0.429. The van der Waals surface area contributed by atoms with Gasteiger partial charge in [0.25, 0.3) is 0 Å². The van der Waals surface area contributed by atoms with Gasteiger partial charge in [-0.1, -0.05) is 6.92 Å². The average molecular weight is 139 g/mol. The molecule has 2 aliphatic carbocycles. The minimum absolute atomic E-state index is 0.767. The fourth-order valence-corrected chi connectivity index (χ4v) is 2.27. The van der Waals surface area contributed by atoms with Crippen LogP contribution >= 0.6 is 0 Å². The zero-order valence-electron chi connectivity index (χ0n) is 6.98. The highest BCUT2D eigenvalue weighted by molar-refractivity contribution is 5.07. The first-order chi connectivity index (χ1) is 4.77. The molecule has 0 heterocycles. The van der Waals surface area contributed by atoms with E-state index in [1.54, 1.807) is 0 Å². The number of hydrogen-bond acceptors (Lipinski definition) is 1. The fourth-order valence-electron chi connectivity index (χ4n) is 2.27. The van der Waals surface area contributed by atoms with E-state index in [-0.39, 0.29) is 0 Å². The molecule has 0 aromatic heterocycles. The molecule has 58 valence electrons.